The van der Waals surface area contributed by atoms with Crippen molar-refractivity contribution in [2.24, 2.45) is 46.3 Å². The predicted molar refractivity (Wildman–Crippen MR) is 129 cm³/mol. The number of nitrogens with one attached hydrogen (secondary N) is 1. The van der Waals surface area contributed by atoms with Crippen molar-refractivity contribution < 1.29 is 57.5 Å². The molecule has 0 spiro atoms. The van der Waals surface area contributed by atoms with Crippen LogP contribution in [0.1, 0.15) is 85.0 Å². The molecule has 3 N–H and O–H groups in total. The third-order valence-electron chi connectivity index (χ3n) is 10.9. The average molecular weight is 522 g/mol. The van der Waals surface area contributed by atoms with E-state index in [4.69, 9.17) is 0 Å². The van der Waals surface area contributed by atoms with E-state index in [1.54, 1.807) is 0 Å². The fraction of sp³-hybridized carbons (Fsp3) is 0.962. The first-order valence-electron chi connectivity index (χ1n) is 13.4. The monoisotopic (exact) mass is 521 g/mol. The molecule has 0 aromatic heterocycles. The summed E-state index contributed by atoms with van der Waals surface area (Å²) in [4.78, 5) is 12.2. The molecule has 1 amide bonds. The van der Waals surface area contributed by atoms with Gasteiger partial charge in [-0.1, -0.05) is 20.8 Å². The molecule has 4 fully saturated rings. The Morgan fingerprint density at radius 1 is 1.06 bits per heavy atom. The number of amides is 1. The van der Waals surface area contributed by atoms with Gasteiger partial charge in [0.25, 0.3) is 0 Å². The topological polar surface area (TPSA) is 127 Å². The van der Waals surface area contributed by atoms with Crippen LogP contribution in [-0.2, 0) is 14.9 Å². The Morgan fingerprint density at radius 2 is 1.71 bits per heavy atom. The summed E-state index contributed by atoms with van der Waals surface area (Å²) in [6.07, 6.45) is 8.78. The summed E-state index contributed by atoms with van der Waals surface area (Å²) in [5.74, 6) is 1.92. The summed E-state index contributed by atoms with van der Waals surface area (Å²) >= 11 is 0. The van der Waals surface area contributed by atoms with Crippen LogP contribution < -0.4 is 34.9 Å². The molecule has 0 aliphatic heterocycles. The molecular formula is C26H44NNaO6S. The minimum atomic E-state index is -4.31. The summed E-state index contributed by atoms with van der Waals surface area (Å²) < 4.78 is 32.2. The number of rotatable bonds is 7. The summed E-state index contributed by atoms with van der Waals surface area (Å²) in [6.45, 7) is 6.96. The van der Waals surface area contributed by atoms with Gasteiger partial charge in [-0.3, -0.25) is 4.79 Å². The molecule has 9 heteroatoms. The van der Waals surface area contributed by atoms with Gasteiger partial charge in [0, 0.05) is 13.0 Å². The van der Waals surface area contributed by atoms with Crippen molar-refractivity contribution in [2.75, 3.05) is 12.3 Å². The van der Waals surface area contributed by atoms with Crippen molar-refractivity contribution in [1.29, 1.82) is 0 Å². The van der Waals surface area contributed by atoms with Crippen molar-refractivity contribution in [3.63, 3.8) is 0 Å². The van der Waals surface area contributed by atoms with E-state index in [0.29, 0.717) is 41.9 Å². The molecule has 0 radical (unpaired) electrons. The second-order valence-electron chi connectivity index (χ2n) is 12.6. The maximum Gasteiger partial charge on any atom is 1.00 e. The van der Waals surface area contributed by atoms with E-state index in [9.17, 15) is 28.0 Å². The van der Waals surface area contributed by atoms with Gasteiger partial charge in [0.05, 0.1) is 28.1 Å². The van der Waals surface area contributed by atoms with E-state index in [0.717, 1.165) is 51.4 Å². The smallest absolute Gasteiger partial charge is 0.748 e. The van der Waals surface area contributed by atoms with Crippen LogP contribution in [0, 0.1) is 46.3 Å². The number of aliphatic hydroxyl groups is 2. The van der Waals surface area contributed by atoms with Crippen LogP contribution in [0.2, 0.25) is 0 Å². The molecule has 4 saturated carbocycles. The Balaban J connectivity index is 0.00000342. The number of carbonyl (C=O) groups is 1. The van der Waals surface area contributed by atoms with E-state index >= 15 is 0 Å². The van der Waals surface area contributed by atoms with Crippen LogP contribution in [-0.4, -0.2) is 53.6 Å². The minimum Gasteiger partial charge on any atom is -0.748 e. The summed E-state index contributed by atoms with van der Waals surface area (Å²) in [6, 6.07) is 0. The summed E-state index contributed by atoms with van der Waals surface area (Å²) in [5.41, 5.74) is 0.399. The standard InChI is InChI=1S/C26H45NO6S.Na/c1-16(4-7-23(30)27-12-13-34(31,32)33)19-5-6-20-24-21(9-11-26(19,20)3)25(2)10-8-18(28)14-17(25)15-22(24)29;/h16-22,24,28-29H,4-15H2,1-3H3,(H,27,30)(H,31,32,33);/q;+1/p-1/t16-,17+,18+,19-,20-,21+,22+,24-,25-,26+;/m0./s1. The van der Waals surface area contributed by atoms with Crippen molar-refractivity contribution in [2.45, 2.75) is 97.2 Å². The van der Waals surface area contributed by atoms with Gasteiger partial charge in [0.2, 0.25) is 5.91 Å². The van der Waals surface area contributed by atoms with Gasteiger partial charge < -0.3 is 20.1 Å². The van der Waals surface area contributed by atoms with Crippen molar-refractivity contribution in [3.8, 4) is 0 Å². The van der Waals surface area contributed by atoms with Crippen molar-refractivity contribution in [1.82, 2.24) is 5.32 Å². The van der Waals surface area contributed by atoms with Crippen LogP contribution in [0.25, 0.3) is 0 Å². The van der Waals surface area contributed by atoms with Crippen LogP contribution in [0.4, 0.5) is 0 Å². The molecule has 0 unspecified atom stereocenters. The molecule has 196 valence electrons. The van der Waals surface area contributed by atoms with E-state index < -0.39 is 15.9 Å². The molecular weight excluding hydrogens is 477 g/mol. The molecule has 0 aromatic carbocycles. The fourth-order valence-electron chi connectivity index (χ4n) is 9.14. The zero-order valence-electron chi connectivity index (χ0n) is 22.0. The zero-order valence-corrected chi connectivity index (χ0v) is 24.9. The van der Waals surface area contributed by atoms with E-state index in [2.05, 4.69) is 26.1 Å². The normalized spacial score (nSPS) is 43.8. The molecule has 35 heavy (non-hydrogen) atoms. The van der Waals surface area contributed by atoms with Crippen LogP contribution in [0.15, 0.2) is 0 Å². The molecule has 4 aliphatic rings. The third-order valence-corrected chi connectivity index (χ3v) is 11.6. The Hall–Kier alpha value is 0.300. The maximum absolute atomic E-state index is 12.2. The van der Waals surface area contributed by atoms with Gasteiger partial charge in [-0.05, 0) is 104 Å². The average Bonchev–Trinajstić information content (AvgIpc) is 3.09. The zero-order chi connectivity index (χ0) is 24.9. The Kier molecular flexibility index (Phi) is 9.54. The van der Waals surface area contributed by atoms with E-state index in [1.807, 2.05) is 0 Å². The SMILES string of the molecule is C[C@@H](CCC(=O)NCCS(=O)(=O)[O-])[C@@H]1CC[C@H]2[C@@H]3[C@H](O)C[C@H]4C[C@H](O)CC[C@]4(C)[C@@H]3CC[C@@]21C.[Na+]. The molecule has 4 aliphatic carbocycles. The number of fused-ring (bicyclic) bond motifs is 5. The van der Waals surface area contributed by atoms with Gasteiger partial charge in [0.1, 0.15) is 0 Å². The molecule has 0 bridgehead atoms. The number of hydrogen-bond donors (Lipinski definition) is 3. The largest absolute Gasteiger partial charge is 1.00 e. The minimum absolute atomic E-state index is 0. The Bertz CT molecular complexity index is 870. The fourth-order valence-corrected chi connectivity index (χ4v) is 9.49. The third kappa shape index (κ3) is 5.99. The first-order chi connectivity index (χ1) is 15.8. The number of carbonyl (C=O) groups excluding carboxylic acids is 1. The van der Waals surface area contributed by atoms with Gasteiger partial charge >= 0.3 is 29.6 Å². The van der Waals surface area contributed by atoms with Gasteiger partial charge in [-0.25, -0.2) is 8.42 Å². The van der Waals surface area contributed by atoms with Crippen LogP contribution in [0.3, 0.4) is 0 Å². The molecule has 10 atom stereocenters. The maximum atomic E-state index is 12.2. The Morgan fingerprint density at radius 3 is 2.40 bits per heavy atom. The molecule has 0 aromatic rings. The van der Waals surface area contributed by atoms with E-state index in [1.165, 1.54) is 6.42 Å². The first-order valence-corrected chi connectivity index (χ1v) is 15.0. The summed E-state index contributed by atoms with van der Waals surface area (Å²) in [5, 5.41) is 24.2. The van der Waals surface area contributed by atoms with Crippen molar-refractivity contribution >= 4 is 16.0 Å². The number of aliphatic hydroxyl groups excluding tert-OH is 2. The first kappa shape index (κ1) is 29.9. The second kappa shape index (κ2) is 11.2. The predicted octanol–water partition coefficient (Wildman–Crippen LogP) is 0.0587. The van der Waals surface area contributed by atoms with E-state index in [-0.39, 0.29) is 65.0 Å². The van der Waals surface area contributed by atoms with Crippen LogP contribution >= 0.6 is 0 Å². The molecule has 7 nitrogen and oxygen atoms in total. The van der Waals surface area contributed by atoms with Crippen molar-refractivity contribution in [3.05, 3.63) is 0 Å². The Labute approximate surface area is 233 Å². The summed E-state index contributed by atoms with van der Waals surface area (Å²) in [7, 11) is -4.31. The van der Waals surface area contributed by atoms with Gasteiger partial charge in [0.15, 0.2) is 0 Å². The molecule has 4 rings (SSSR count). The van der Waals surface area contributed by atoms with Gasteiger partial charge in [-0.15, -0.1) is 0 Å². The quantitative estimate of drug-likeness (QED) is 0.321. The second-order valence-corrected chi connectivity index (χ2v) is 14.1. The number of hydrogen-bond acceptors (Lipinski definition) is 6. The molecule has 0 heterocycles. The van der Waals surface area contributed by atoms with Crippen LogP contribution in [0.5, 0.6) is 0 Å². The molecule has 0 saturated heterocycles. The van der Waals surface area contributed by atoms with Gasteiger partial charge in [-0.2, -0.15) is 0 Å².